The maximum absolute atomic E-state index is 5.97. The van der Waals surface area contributed by atoms with Gasteiger partial charge in [-0.2, -0.15) is 0 Å². The first-order valence-electron chi connectivity index (χ1n) is 6.61. The van der Waals surface area contributed by atoms with Gasteiger partial charge < -0.3 is 5.32 Å². The molecule has 0 aromatic heterocycles. The average Bonchev–Trinajstić information content (AvgIpc) is 2.37. The van der Waals surface area contributed by atoms with Gasteiger partial charge in [-0.1, -0.05) is 47.5 Å². The van der Waals surface area contributed by atoms with E-state index in [9.17, 15) is 0 Å². The number of hydrogen-bond donors (Lipinski definition) is 1. The normalized spacial score (nSPS) is 12.4. The van der Waals surface area contributed by atoms with Gasteiger partial charge in [0, 0.05) is 17.6 Å². The Balaban J connectivity index is 2.02. The minimum absolute atomic E-state index is 0.343. The third-order valence-electron chi connectivity index (χ3n) is 3.45. The van der Waals surface area contributed by atoms with Crippen LogP contribution < -0.4 is 5.32 Å². The second-order valence-electron chi connectivity index (χ2n) is 5.09. The molecule has 0 aliphatic carbocycles. The van der Waals surface area contributed by atoms with Crippen LogP contribution in [-0.2, 0) is 6.54 Å². The molecule has 0 amide bonds. The van der Waals surface area contributed by atoms with E-state index in [0.717, 1.165) is 11.6 Å². The highest BCUT2D eigenvalue weighted by Gasteiger charge is 2.06. The molecule has 1 atom stereocenters. The van der Waals surface area contributed by atoms with Crippen molar-refractivity contribution in [3.05, 3.63) is 69.7 Å². The van der Waals surface area contributed by atoms with Gasteiger partial charge in [0.25, 0.3) is 0 Å². The van der Waals surface area contributed by atoms with E-state index in [4.69, 9.17) is 11.6 Å². The predicted molar refractivity (Wildman–Crippen MR) is 82.6 cm³/mol. The van der Waals surface area contributed by atoms with Crippen LogP contribution in [0.15, 0.2) is 42.5 Å². The third kappa shape index (κ3) is 3.82. The molecular weight excluding hydrogens is 254 g/mol. The zero-order chi connectivity index (χ0) is 13.8. The van der Waals surface area contributed by atoms with Crippen molar-refractivity contribution in [1.29, 1.82) is 0 Å². The first-order valence-corrected chi connectivity index (χ1v) is 6.99. The lowest BCUT2D eigenvalue weighted by atomic mass is 10.0. The molecule has 0 heterocycles. The summed E-state index contributed by atoms with van der Waals surface area (Å²) in [7, 11) is 0. The van der Waals surface area contributed by atoms with Crippen molar-refractivity contribution < 1.29 is 0 Å². The summed E-state index contributed by atoms with van der Waals surface area (Å²) in [6.45, 7) is 7.28. The molecule has 0 spiro atoms. The second-order valence-corrected chi connectivity index (χ2v) is 5.52. The zero-order valence-corrected chi connectivity index (χ0v) is 12.5. The fourth-order valence-electron chi connectivity index (χ4n) is 2.18. The average molecular weight is 274 g/mol. The minimum atomic E-state index is 0.343. The lowest BCUT2D eigenvalue weighted by Crippen LogP contribution is -2.18. The Kier molecular flexibility index (Phi) is 4.62. The lowest BCUT2D eigenvalue weighted by molar-refractivity contribution is 0.573. The maximum atomic E-state index is 5.97. The Labute approximate surface area is 120 Å². The number of nitrogens with one attached hydrogen (secondary N) is 1. The number of aryl methyl sites for hydroxylation is 2. The smallest absolute Gasteiger partial charge is 0.0408 e. The summed E-state index contributed by atoms with van der Waals surface area (Å²) in [6.07, 6.45) is 0. The van der Waals surface area contributed by atoms with E-state index in [1.54, 1.807) is 0 Å². The summed E-state index contributed by atoms with van der Waals surface area (Å²) in [6, 6.07) is 15.0. The Morgan fingerprint density at radius 3 is 2.58 bits per heavy atom. The third-order valence-corrected chi connectivity index (χ3v) is 3.68. The van der Waals surface area contributed by atoms with Crippen molar-refractivity contribution in [2.75, 3.05) is 0 Å². The number of benzene rings is 2. The standard InChI is InChI=1S/C17H20ClN/c1-12-5-4-6-15(9-12)14(3)19-11-16-7-8-17(18)10-13(16)2/h4-10,14,19H,11H2,1-3H3/t14-/m1/s1. The topological polar surface area (TPSA) is 12.0 Å². The van der Waals surface area contributed by atoms with Crippen LogP contribution in [0.2, 0.25) is 5.02 Å². The van der Waals surface area contributed by atoms with Gasteiger partial charge in [0.1, 0.15) is 0 Å². The molecule has 100 valence electrons. The van der Waals surface area contributed by atoms with Crippen molar-refractivity contribution in [1.82, 2.24) is 5.32 Å². The number of halogens is 1. The fourth-order valence-corrected chi connectivity index (χ4v) is 2.40. The molecule has 1 nitrogen and oxygen atoms in total. The largest absolute Gasteiger partial charge is 0.306 e. The van der Waals surface area contributed by atoms with Gasteiger partial charge in [-0.05, 0) is 49.6 Å². The molecule has 0 bridgehead atoms. The van der Waals surface area contributed by atoms with E-state index in [0.29, 0.717) is 6.04 Å². The van der Waals surface area contributed by atoms with Gasteiger partial charge in [0.05, 0.1) is 0 Å². The van der Waals surface area contributed by atoms with Crippen molar-refractivity contribution in [3.63, 3.8) is 0 Å². The minimum Gasteiger partial charge on any atom is -0.306 e. The van der Waals surface area contributed by atoms with Crippen LogP contribution in [0.3, 0.4) is 0 Å². The molecule has 1 N–H and O–H groups in total. The van der Waals surface area contributed by atoms with E-state index in [-0.39, 0.29) is 0 Å². The monoisotopic (exact) mass is 273 g/mol. The van der Waals surface area contributed by atoms with Crippen LogP contribution in [0.5, 0.6) is 0 Å². The summed E-state index contributed by atoms with van der Waals surface area (Å²) in [5, 5.41) is 4.36. The van der Waals surface area contributed by atoms with Gasteiger partial charge in [-0.3, -0.25) is 0 Å². The molecule has 0 saturated carbocycles. The highest BCUT2D eigenvalue weighted by atomic mass is 35.5. The summed E-state index contributed by atoms with van der Waals surface area (Å²) >= 11 is 5.97. The maximum Gasteiger partial charge on any atom is 0.0408 e. The molecule has 2 aromatic rings. The van der Waals surface area contributed by atoms with E-state index in [1.807, 2.05) is 12.1 Å². The molecule has 0 aliphatic rings. The van der Waals surface area contributed by atoms with E-state index in [2.05, 4.69) is 56.4 Å². The second kappa shape index (κ2) is 6.23. The Morgan fingerprint density at radius 1 is 1.11 bits per heavy atom. The van der Waals surface area contributed by atoms with Gasteiger partial charge in [0.15, 0.2) is 0 Å². The molecule has 19 heavy (non-hydrogen) atoms. The fraction of sp³-hybridized carbons (Fsp3) is 0.294. The van der Waals surface area contributed by atoms with Gasteiger partial charge in [0.2, 0.25) is 0 Å². The van der Waals surface area contributed by atoms with E-state index >= 15 is 0 Å². The first kappa shape index (κ1) is 14.1. The first-order chi connectivity index (χ1) is 9.06. The van der Waals surface area contributed by atoms with Crippen LogP contribution in [0, 0.1) is 13.8 Å². The van der Waals surface area contributed by atoms with Crippen molar-refractivity contribution in [2.24, 2.45) is 0 Å². The predicted octanol–water partition coefficient (Wildman–Crippen LogP) is 4.81. The van der Waals surface area contributed by atoms with E-state index in [1.165, 1.54) is 22.3 Å². The molecule has 0 fully saturated rings. The quantitative estimate of drug-likeness (QED) is 0.843. The molecule has 0 saturated heterocycles. The summed E-state index contributed by atoms with van der Waals surface area (Å²) in [5.74, 6) is 0. The summed E-state index contributed by atoms with van der Waals surface area (Å²) in [5.41, 5.74) is 5.15. The molecular formula is C17H20ClN. The highest BCUT2D eigenvalue weighted by Crippen LogP contribution is 2.18. The summed E-state index contributed by atoms with van der Waals surface area (Å²) < 4.78 is 0. The van der Waals surface area contributed by atoms with Crippen LogP contribution in [0.1, 0.15) is 35.2 Å². The van der Waals surface area contributed by atoms with Crippen molar-refractivity contribution >= 4 is 11.6 Å². The molecule has 2 heteroatoms. The number of rotatable bonds is 4. The van der Waals surface area contributed by atoms with Gasteiger partial charge in [-0.15, -0.1) is 0 Å². The Hall–Kier alpha value is -1.31. The van der Waals surface area contributed by atoms with Gasteiger partial charge in [-0.25, -0.2) is 0 Å². The molecule has 2 aromatic carbocycles. The molecule has 0 radical (unpaired) electrons. The SMILES string of the molecule is Cc1cccc([C@@H](C)NCc2ccc(Cl)cc2C)c1. The lowest BCUT2D eigenvalue weighted by Gasteiger charge is -2.16. The highest BCUT2D eigenvalue weighted by molar-refractivity contribution is 6.30. The van der Waals surface area contributed by atoms with Crippen molar-refractivity contribution in [3.8, 4) is 0 Å². The zero-order valence-electron chi connectivity index (χ0n) is 11.7. The van der Waals surface area contributed by atoms with E-state index < -0.39 is 0 Å². The van der Waals surface area contributed by atoms with Crippen LogP contribution in [-0.4, -0.2) is 0 Å². The van der Waals surface area contributed by atoms with Crippen LogP contribution in [0.4, 0.5) is 0 Å². The van der Waals surface area contributed by atoms with Crippen molar-refractivity contribution in [2.45, 2.75) is 33.4 Å². The van der Waals surface area contributed by atoms with Crippen LogP contribution in [0.25, 0.3) is 0 Å². The molecule has 0 aliphatic heterocycles. The Bertz CT molecular complexity index is 563. The summed E-state index contributed by atoms with van der Waals surface area (Å²) in [4.78, 5) is 0. The molecule has 2 rings (SSSR count). The Morgan fingerprint density at radius 2 is 1.89 bits per heavy atom. The van der Waals surface area contributed by atoms with Crippen LogP contribution >= 0.6 is 11.6 Å². The van der Waals surface area contributed by atoms with Gasteiger partial charge >= 0.3 is 0 Å². The molecule has 0 unspecified atom stereocenters. The number of hydrogen-bond acceptors (Lipinski definition) is 1.